The molecule has 1 aromatic carbocycles. The normalized spacial score (nSPS) is 45.3. The second kappa shape index (κ2) is 5.82. The van der Waals surface area contributed by atoms with Gasteiger partial charge in [-0.3, -0.25) is 4.90 Å². The molecule has 0 N–H and O–H groups in total. The Balaban J connectivity index is 1.45. The Morgan fingerprint density at radius 3 is 2.71 bits per heavy atom. The Labute approximate surface area is 145 Å². The van der Waals surface area contributed by atoms with Crippen molar-refractivity contribution >= 4 is 0 Å². The zero-order chi connectivity index (χ0) is 16.1. The van der Waals surface area contributed by atoms with Crippen LogP contribution in [-0.2, 0) is 0 Å². The average Bonchev–Trinajstić information content (AvgIpc) is 2.62. The molecule has 4 heterocycles. The Hall–Kier alpha value is -0.900. The summed E-state index contributed by atoms with van der Waals surface area (Å²) in [6.07, 6.45) is 8.86. The number of rotatable bonds is 1. The predicted octanol–water partition coefficient (Wildman–Crippen LogP) is 4.10. The lowest BCUT2D eigenvalue weighted by atomic mass is 9.69. The summed E-state index contributed by atoms with van der Waals surface area (Å²) >= 11 is 0. The summed E-state index contributed by atoms with van der Waals surface area (Å²) < 4.78 is 0.162. The van der Waals surface area contributed by atoms with E-state index in [0.717, 1.165) is 19.5 Å². The SMILES string of the molecule is [O-][N+]12CCCC[C@@H]1[C@H]1CC(C2)[C@@H]2CCCC(c3ccccc3)N2C1. The Morgan fingerprint density at radius 1 is 0.958 bits per heavy atom. The van der Waals surface area contributed by atoms with Crippen LogP contribution in [0, 0.1) is 17.0 Å². The van der Waals surface area contributed by atoms with Gasteiger partial charge in [0.15, 0.2) is 0 Å². The lowest BCUT2D eigenvalue weighted by Crippen LogP contribution is -2.69. The van der Waals surface area contributed by atoms with Crippen LogP contribution in [0.1, 0.15) is 56.6 Å². The van der Waals surface area contributed by atoms with Crippen molar-refractivity contribution in [3.8, 4) is 0 Å². The lowest BCUT2D eigenvalue weighted by molar-refractivity contribution is -0.925. The van der Waals surface area contributed by atoms with Crippen molar-refractivity contribution in [3.63, 3.8) is 0 Å². The van der Waals surface area contributed by atoms with E-state index in [1.165, 1.54) is 50.6 Å². The van der Waals surface area contributed by atoms with E-state index in [4.69, 9.17) is 0 Å². The van der Waals surface area contributed by atoms with E-state index in [2.05, 4.69) is 35.2 Å². The highest BCUT2D eigenvalue weighted by molar-refractivity contribution is 5.20. The molecule has 4 fully saturated rings. The summed E-state index contributed by atoms with van der Waals surface area (Å²) in [5.41, 5.74) is 1.49. The second-order valence-electron chi connectivity index (χ2n) is 8.80. The molecule has 0 aliphatic carbocycles. The zero-order valence-corrected chi connectivity index (χ0v) is 14.6. The van der Waals surface area contributed by atoms with Gasteiger partial charge in [-0.1, -0.05) is 30.3 Å². The third-order valence-corrected chi connectivity index (χ3v) is 7.56. The summed E-state index contributed by atoms with van der Waals surface area (Å²) in [5, 5.41) is 13.5. The van der Waals surface area contributed by atoms with E-state index in [9.17, 15) is 5.21 Å². The monoisotopic (exact) mass is 326 g/mol. The van der Waals surface area contributed by atoms with E-state index < -0.39 is 0 Å². The van der Waals surface area contributed by atoms with Crippen LogP contribution in [0.2, 0.25) is 0 Å². The largest absolute Gasteiger partial charge is 0.633 e. The highest BCUT2D eigenvalue weighted by Gasteiger charge is 2.53. The molecule has 0 spiro atoms. The highest BCUT2D eigenvalue weighted by Crippen LogP contribution is 2.49. The molecule has 130 valence electrons. The summed E-state index contributed by atoms with van der Waals surface area (Å²) in [4.78, 5) is 2.83. The quantitative estimate of drug-likeness (QED) is 0.574. The van der Waals surface area contributed by atoms with Crippen molar-refractivity contribution in [2.45, 2.75) is 63.1 Å². The fourth-order valence-corrected chi connectivity index (χ4v) is 6.63. The minimum Gasteiger partial charge on any atom is -0.633 e. The van der Waals surface area contributed by atoms with E-state index in [1.54, 1.807) is 0 Å². The van der Waals surface area contributed by atoms with Crippen LogP contribution in [0.4, 0.5) is 0 Å². The maximum Gasteiger partial charge on any atom is 0.0928 e. The molecule has 1 aromatic rings. The first-order valence-corrected chi connectivity index (χ1v) is 10.1. The molecule has 4 aliphatic rings. The van der Waals surface area contributed by atoms with Crippen molar-refractivity contribution in [1.82, 2.24) is 4.90 Å². The Bertz CT molecular complexity index is 591. The van der Waals surface area contributed by atoms with Crippen LogP contribution >= 0.6 is 0 Å². The maximum atomic E-state index is 13.5. The van der Waals surface area contributed by atoms with Gasteiger partial charge in [-0.15, -0.1) is 0 Å². The fourth-order valence-electron chi connectivity index (χ4n) is 6.63. The predicted molar refractivity (Wildman–Crippen MR) is 96.1 cm³/mol. The molecular weight excluding hydrogens is 296 g/mol. The summed E-state index contributed by atoms with van der Waals surface area (Å²) in [6.45, 7) is 2.98. The first-order chi connectivity index (χ1) is 11.7. The average molecular weight is 326 g/mol. The number of hydrogen-bond donors (Lipinski definition) is 0. The van der Waals surface area contributed by atoms with Gasteiger partial charge in [-0.25, -0.2) is 0 Å². The van der Waals surface area contributed by atoms with Crippen molar-refractivity contribution < 1.29 is 4.65 Å². The molecule has 3 heteroatoms. The van der Waals surface area contributed by atoms with Crippen LogP contribution in [-0.4, -0.2) is 41.3 Å². The van der Waals surface area contributed by atoms with Crippen LogP contribution in [0.25, 0.3) is 0 Å². The van der Waals surface area contributed by atoms with Gasteiger partial charge in [-0.2, -0.15) is 0 Å². The van der Waals surface area contributed by atoms with Crippen molar-refractivity contribution in [3.05, 3.63) is 41.1 Å². The third kappa shape index (κ3) is 2.36. The van der Waals surface area contributed by atoms with Gasteiger partial charge < -0.3 is 9.85 Å². The third-order valence-electron chi connectivity index (χ3n) is 7.56. The van der Waals surface area contributed by atoms with E-state index in [0.29, 0.717) is 30.0 Å². The molecule has 2 bridgehead atoms. The summed E-state index contributed by atoms with van der Waals surface area (Å²) in [6, 6.07) is 12.8. The van der Waals surface area contributed by atoms with Crippen molar-refractivity contribution in [2.24, 2.45) is 11.8 Å². The molecule has 4 aliphatic heterocycles. The van der Waals surface area contributed by atoms with Gasteiger partial charge in [0.25, 0.3) is 0 Å². The van der Waals surface area contributed by atoms with Gasteiger partial charge in [0.1, 0.15) is 0 Å². The minimum atomic E-state index is 0.162. The van der Waals surface area contributed by atoms with Crippen LogP contribution < -0.4 is 0 Å². The molecule has 0 saturated carbocycles. The first kappa shape index (κ1) is 15.4. The number of fused-ring (bicyclic) bond motifs is 6. The fraction of sp³-hybridized carbons (Fsp3) is 0.714. The molecule has 6 atom stereocenters. The number of benzene rings is 1. The van der Waals surface area contributed by atoms with E-state index in [1.807, 2.05) is 0 Å². The highest BCUT2D eigenvalue weighted by atomic mass is 16.5. The molecule has 3 unspecified atom stereocenters. The van der Waals surface area contributed by atoms with Crippen LogP contribution in [0.3, 0.4) is 0 Å². The zero-order valence-electron chi connectivity index (χ0n) is 14.6. The van der Waals surface area contributed by atoms with Gasteiger partial charge in [-0.05, 0) is 44.1 Å². The number of quaternary nitrogens is 1. The molecule has 0 aromatic heterocycles. The number of piperidine rings is 4. The Morgan fingerprint density at radius 2 is 1.83 bits per heavy atom. The topological polar surface area (TPSA) is 26.3 Å². The van der Waals surface area contributed by atoms with E-state index in [-0.39, 0.29) is 4.65 Å². The molecule has 3 nitrogen and oxygen atoms in total. The van der Waals surface area contributed by atoms with Crippen LogP contribution in [0.5, 0.6) is 0 Å². The smallest absolute Gasteiger partial charge is 0.0928 e. The van der Waals surface area contributed by atoms with Crippen molar-refractivity contribution in [1.29, 1.82) is 0 Å². The van der Waals surface area contributed by atoms with Gasteiger partial charge in [0.05, 0.1) is 19.1 Å². The molecular formula is C21H30N2O. The standard InChI is InChI=1S/C21H30N2O/c24-23-12-5-4-11-21(23)17-13-18(15-23)20-10-6-9-19(22(20)14-17)16-7-2-1-3-8-16/h1-3,7-8,17-21H,4-6,9-15H2/t17-,18?,19?,20-,21+,23?/m0/s1. The summed E-state index contributed by atoms with van der Waals surface area (Å²) in [7, 11) is 0. The molecule has 5 rings (SSSR count). The molecule has 0 radical (unpaired) electrons. The number of hydroxylamine groups is 3. The van der Waals surface area contributed by atoms with Gasteiger partial charge in [0, 0.05) is 36.9 Å². The van der Waals surface area contributed by atoms with Crippen molar-refractivity contribution in [2.75, 3.05) is 19.6 Å². The lowest BCUT2D eigenvalue weighted by Gasteiger charge is -2.64. The minimum absolute atomic E-state index is 0.162. The van der Waals surface area contributed by atoms with Crippen LogP contribution in [0.15, 0.2) is 30.3 Å². The molecule has 4 saturated heterocycles. The first-order valence-electron chi connectivity index (χ1n) is 10.1. The van der Waals surface area contributed by atoms with E-state index >= 15 is 0 Å². The summed E-state index contributed by atoms with van der Waals surface area (Å²) in [5.74, 6) is 1.28. The van der Waals surface area contributed by atoms with Gasteiger partial charge >= 0.3 is 0 Å². The molecule has 0 amide bonds. The number of nitrogens with zero attached hydrogens (tertiary/aromatic N) is 2. The Kier molecular flexibility index (Phi) is 3.73. The van der Waals surface area contributed by atoms with Gasteiger partial charge in [0.2, 0.25) is 0 Å². The molecule has 24 heavy (non-hydrogen) atoms. The number of hydrogen-bond acceptors (Lipinski definition) is 2. The maximum absolute atomic E-state index is 13.5. The second-order valence-corrected chi connectivity index (χ2v) is 8.80.